The molecule has 1 aliphatic heterocycles. The molecule has 0 unspecified atom stereocenters. The summed E-state index contributed by atoms with van der Waals surface area (Å²) in [5.74, 6) is 0.996. The molecule has 0 spiro atoms. The lowest BCUT2D eigenvalue weighted by Gasteiger charge is -2.12. The molecule has 1 aromatic rings. The molecule has 6 heteroatoms. The van der Waals surface area contributed by atoms with Crippen LogP contribution in [0.25, 0.3) is 6.08 Å². The van der Waals surface area contributed by atoms with Gasteiger partial charge in [-0.3, -0.25) is 0 Å². The van der Waals surface area contributed by atoms with Gasteiger partial charge in [-0.15, -0.1) is 0 Å². The smallest absolute Gasteiger partial charge is 0.363 e. The van der Waals surface area contributed by atoms with E-state index in [0.717, 1.165) is 5.56 Å². The zero-order valence-corrected chi connectivity index (χ0v) is 13.3. The van der Waals surface area contributed by atoms with Gasteiger partial charge in [0, 0.05) is 6.92 Å². The largest absolute Gasteiger partial charge is 0.493 e. The van der Waals surface area contributed by atoms with Gasteiger partial charge in [-0.1, -0.05) is 12.7 Å². The molecule has 2 rings (SSSR count). The van der Waals surface area contributed by atoms with Crippen LogP contribution in [-0.4, -0.2) is 25.6 Å². The minimum Gasteiger partial charge on any atom is -0.493 e. The predicted molar refractivity (Wildman–Crippen MR) is 83.6 cm³/mol. The van der Waals surface area contributed by atoms with Crippen LogP contribution in [0.15, 0.2) is 39.9 Å². The second kappa shape index (κ2) is 6.58. The Kier molecular flexibility index (Phi) is 4.80. The van der Waals surface area contributed by atoms with Crippen LogP contribution in [0.1, 0.15) is 12.5 Å². The van der Waals surface area contributed by atoms with Crippen molar-refractivity contribution in [2.45, 2.75) is 6.92 Å². The summed E-state index contributed by atoms with van der Waals surface area (Å²) in [6.07, 6.45) is 3.27. The first kappa shape index (κ1) is 15.3. The molecule has 0 bridgehead atoms. The molecule has 1 aliphatic rings. The Morgan fingerprint density at radius 3 is 2.81 bits per heavy atom. The molecule has 21 heavy (non-hydrogen) atoms. The van der Waals surface area contributed by atoms with Gasteiger partial charge in [0.25, 0.3) is 0 Å². The third-order valence-corrected chi connectivity index (χ3v) is 3.22. The third kappa shape index (κ3) is 3.52. The summed E-state index contributed by atoms with van der Waals surface area (Å²) in [6.45, 7) is 5.60. The molecule has 0 saturated carbocycles. The molecule has 0 amide bonds. The fourth-order valence-corrected chi connectivity index (χ4v) is 2.35. The lowest BCUT2D eigenvalue weighted by Crippen LogP contribution is -2.00. The Hall–Kier alpha value is -2.08. The van der Waals surface area contributed by atoms with Crippen molar-refractivity contribution in [2.75, 3.05) is 13.7 Å². The van der Waals surface area contributed by atoms with E-state index in [1.165, 1.54) is 0 Å². The number of aliphatic imine (C=N–C) groups is 1. The summed E-state index contributed by atoms with van der Waals surface area (Å²) < 4.78 is 16.4. The van der Waals surface area contributed by atoms with Crippen LogP contribution >= 0.6 is 15.9 Å². The summed E-state index contributed by atoms with van der Waals surface area (Å²) >= 11 is 3.42. The SMILES string of the molecule is C=CCOc1c(Br)cc(C=C2N=C(C)OC2=O)cc1OC. The Labute approximate surface area is 131 Å². The molecule has 0 saturated heterocycles. The van der Waals surface area contributed by atoms with Crippen molar-refractivity contribution in [1.29, 1.82) is 0 Å². The molecule has 1 aromatic carbocycles. The number of halogens is 1. The Morgan fingerprint density at radius 2 is 2.24 bits per heavy atom. The van der Waals surface area contributed by atoms with Gasteiger partial charge in [-0.2, -0.15) is 0 Å². The van der Waals surface area contributed by atoms with Gasteiger partial charge in [0.2, 0.25) is 0 Å². The third-order valence-electron chi connectivity index (χ3n) is 2.63. The molecule has 0 fully saturated rings. The maximum absolute atomic E-state index is 11.6. The van der Waals surface area contributed by atoms with E-state index >= 15 is 0 Å². The van der Waals surface area contributed by atoms with Crippen LogP contribution < -0.4 is 9.47 Å². The molecule has 1 heterocycles. The number of methoxy groups -OCH3 is 1. The number of rotatable bonds is 5. The molecule has 0 aliphatic carbocycles. The molecule has 0 atom stereocenters. The quantitative estimate of drug-likeness (QED) is 0.463. The molecule has 110 valence electrons. The van der Waals surface area contributed by atoms with Crippen LogP contribution in [-0.2, 0) is 9.53 Å². The summed E-state index contributed by atoms with van der Waals surface area (Å²) in [4.78, 5) is 15.6. The Morgan fingerprint density at radius 1 is 1.48 bits per heavy atom. The highest BCUT2D eigenvalue weighted by atomic mass is 79.9. The number of ether oxygens (including phenoxy) is 3. The summed E-state index contributed by atoms with van der Waals surface area (Å²) in [7, 11) is 1.55. The standard InChI is InChI=1S/C15H14BrNO4/c1-4-5-20-14-11(16)6-10(8-13(14)19-3)7-12-15(18)21-9(2)17-12/h4,6-8H,1,5H2,2-3H3. The lowest BCUT2D eigenvalue weighted by molar-refractivity contribution is -0.130. The summed E-state index contributed by atoms with van der Waals surface area (Å²) in [6, 6.07) is 3.57. The molecule has 0 aromatic heterocycles. The number of hydrogen-bond donors (Lipinski definition) is 0. The van der Waals surface area contributed by atoms with Crippen LogP contribution in [0.3, 0.4) is 0 Å². The Bertz CT molecular complexity index is 649. The normalized spacial score (nSPS) is 15.7. The van der Waals surface area contributed by atoms with E-state index in [-0.39, 0.29) is 5.70 Å². The highest BCUT2D eigenvalue weighted by Gasteiger charge is 2.20. The molecule has 0 N–H and O–H groups in total. The van der Waals surface area contributed by atoms with E-state index in [4.69, 9.17) is 14.2 Å². The number of carbonyl (C=O) groups excluding carboxylic acids is 1. The van der Waals surface area contributed by atoms with Crippen molar-refractivity contribution >= 4 is 33.9 Å². The molecule has 5 nitrogen and oxygen atoms in total. The van der Waals surface area contributed by atoms with Gasteiger partial charge in [-0.05, 0) is 39.7 Å². The van der Waals surface area contributed by atoms with Crippen molar-refractivity contribution in [1.82, 2.24) is 0 Å². The van der Waals surface area contributed by atoms with Gasteiger partial charge in [-0.25, -0.2) is 9.79 Å². The lowest BCUT2D eigenvalue weighted by atomic mass is 10.1. The predicted octanol–water partition coefficient (Wildman–Crippen LogP) is 3.34. The first-order valence-electron chi connectivity index (χ1n) is 6.15. The van der Waals surface area contributed by atoms with Crippen molar-refractivity contribution in [3.63, 3.8) is 0 Å². The van der Waals surface area contributed by atoms with Crippen molar-refractivity contribution in [3.05, 3.63) is 40.5 Å². The van der Waals surface area contributed by atoms with Gasteiger partial charge >= 0.3 is 5.97 Å². The first-order valence-corrected chi connectivity index (χ1v) is 6.95. The fraction of sp³-hybridized carbons (Fsp3) is 0.200. The maximum Gasteiger partial charge on any atom is 0.363 e. The topological polar surface area (TPSA) is 57.1 Å². The first-order chi connectivity index (χ1) is 10.0. The average Bonchev–Trinajstić information content (AvgIpc) is 2.75. The van der Waals surface area contributed by atoms with Gasteiger partial charge < -0.3 is 14.2 Å². The second-order valence-corrected chi connectivity index (χ2v) is 5.04. The van der Waals surface area contributed by atoms with Crippen LogP contribution in [0.4, 0.5) is 0 Å². The monoisotopic (exact) mass is 351 g/mol. The zero-order chi connectivity index (χ0) is 15.4. The van der Waals surface area contributed by atoms with Gasteiger partial charge in [0.15, 0.2) is 23.1 Å². The zero-order valence-electron chi connectivity index (χ0n) is 11.7. The summed E-state index contributed by atoms with van der Waals surface area (Å²) in [5, 5.41) is 0. The highest BCUT2D eigenvalue weighted by molar-refractivity contribution is 9.10. The van der Waals surface area contributed by atoms with Crippen LogP contribution in [0, 0.1) is 0 Å². The van der Waals surface area contributed by atoms with Gasteiger partial charge in [0.1, 0.15) is 6.61 Å². The van der Waals surface area contributed by atoms with E-state index in [9.17, 15) is 4.79 Å². The minimum atomic E-state index is -0.463. The number of benzene rings is 1. The molecular formula is C15H14BrNO4. The van der Waals surface area contributed by atoms with E-state index < -0.39 is 5.97 Å². The fourth-order valence-electron chi connectivity index (χ4n) is 1.78. The van der Waals surface area contributed by atoms with Gasteiger partial charge in [0.05, 0.1) is 11.6 Å². The van der Waals surface area contributed by atoms with E-state index in [1.54, 1.807) is 32.3 Å². The number of nitrogens with zero attached hydrogens (tertiary/aromatic N) is 1. The minimum absolute atomic E-state index is 0.251. The average molecular weight is 352 g/mol. The number of carbonyl (C=O) groups is 1. The van der Waals surface area contributed by atoms with Crippen LogP contribution in [0.5, 0.6) is 11.5 Å². The number of cyclic esters (lactones) is 1. The van der Waals surface area contributed by atoms with Crippen LogP contribution in [0.2, 0.25) is 0 Å². The van der Waals surface area contributed by atoms with E-state index in [2.05, 4.69) is 27.5 Å². The Balaban J connectivity index is 2.38. The second-order valence-electron chi connectivity index (χ2n) is 4.18. The number of esters is 1. The van der Waals surface area contributed by atoms with Crippen molar-refractivity contribution in [2.24, 2.45) is 4.99 Å². The number of hydrogen-bond acceptors (Lipinski definition) is 5. The maximum atomic E-state index is 11.6. The van der Waals surface area contributed by atoms with Crippen molar-refractivity contribution in [3.8, 4) is 11.5 Å². The van der Waals surface area contributed by atoms with Crippen molar-refractivity contribution < 1.29 is 19.0 Å². The van der Waals surface area contributed by atoms with E-state index in [0.29, 0.717) is 28.5 Å². The summed E-state index contributed by atoms with van der Waals surface area (Å²) in [5.41, 5.74) is 0.997. The highest BCUT2D eigenvalue weighted by Crippen LogP contribution is 2.37. The van der Waals surface area contributed by atoms with E-state index in [1.807, 2.05) is 6.07 Å². The molecular weight excluding hydrogens is 338 g/mol. The molecule has 0 radical (unpaired) electrons.